The topological polar surface area (TPSA) is 32.3 Å². The first-order valence-corrected chi connectivity index (χ1v) is 6.54. The predicted octanol–water partition coefficient (Wildman–Crippen LogP) is 3.70. The summed E-state index contributed by atoms with van der Waals surface area (Å²) in [4.78, 5) is 12.7. The number of piperidine rings is 1. The van der Waals surface area contributed by atoms with E-state index in [1.807, 2.05) is 0 Å². The average Bonchev–Trinajstić information content (AvgIpc) is 2.80. The Labute approximate surface area is 107 Å². The lowest BCUT2D eigenvalue weighted by atomic mass is 10.0. The summed E-state index contributed by atoms with van der Waals surface area (Å²) in [5, 5.41) is 4.82. The lowest BCUT2D eigenvalue weighted by molar-refractivity contribution is -0.181. The number of halogens is 3. The summed E-state index contributed by atoms with van der Waals surface area (Å²) < 4.78 is 38.4. The number of alkyl halides is 3. The highest BCUT2D eigenvalue weighted by atomic mass is 32.1. The van der Waals surface area contributed by atoms with Gasteiger partial charge in [0.15, 0.2) is 0 Å². The molecule has 1 aliphatic rings. The fourth-order valence-electron chi connectivity index (χ4n) is 2.04. The molecule has 1 aliphatic heterocycles. The molecular weight excluding hydrogens is 265 g/mol. The number of urea groups is 1. The van der Waals surface area contributed by atoms with E-state index >= 15 is 0 Å². The van der Waals surface area contributed by atoms with Crippen LogP contribution in [0.2, 0.25) is 0 Å². The summed E-state index contributed by atoms with van der Waals surface area (Å²) in [7, 11) is 0. The maximum absolute atomic E-state index is 12.8. The van der Waals surface area contributed by atoms with Gasteiger partial charge in [-0.3, -0.25) is 5.32 Å². The van der Waals surface area contributed by atoms with Crippen LogP contribution in [0.15, 0.2) is 17.5 Å². The number of hydrogen-bond donors (Lipinski definition) is 1. The Morgan fingerprint density at radius 1 is 1.44 bits per heavy atom. The van der Waals surface area contributed by atoms with Gasteiger partial charge in [0.25, 0.3) is 0 Å². The zero-order chi connectivity index (χ0) is 13.2. The van der Waals surface area contributed by atoms with Crippen LogP contribution in [0.1, 0.15) is 19.3 Å². The molecule has 0 bridgehead atoms. The van der Waals surface area contributed by atoms with Crippen molar-refractivity contribution >= 4 is 22.4 Å². The van der Waals surface area contributed by atoms with Crippen molar-refractivity contribution in [2.45, 2.75) is 31.5 Å². The molecule has 1 saturated heterocycles. The Morgan fingerprint density at radius 2 is 2.22 bits per heavy atom. The number of nitrogens with zero attached hydrogens (tertiary/aromatic N) is 1. The van der Waals surface area contributed by atoms with E-state index in [0.29, 0.717) is 17.8 Å². The first kappa shape index (κ1) is 13.2. The molecule has 1 atom stereocenters. The minimum Gasteiger partial charge on any atom is -0.312 e. The van der Waals surface area contributed by atoms with E-state index < -0.39 is 18.2 Å². The fraction of sp³-hybridized carbons (Fsp3) is 0.545. The van der Waals surface area contributed by atoms with Crippen LogP contribution in [0.25, 0.3) is 0 Å². The van der Waals surface area contributed by atoms with E-state index in [4.69, 9.17) is 0 Å². The summed E-state index contributed by atoms with van der Waals surface area (Å²) in [5.74, 6) is 0. The Hall–Kier alpha value is -1.24. The molecule has 2 heterocycles. The Kier molecular flexibility index (Phi) is 3.79. The second-order valence-electron chi connectivity index (χ2n) is 4.15. The van der Waals surface area contributed by atoms with Gasteiger partial charge in [-0.1, -0.05) is 0 Å². The number of amides is 2. The number of rotatable bonds is 1. The Balaban J connectivity index is 2.06. The summed E-state index contributed by atoms with van der Waals surface area (Å²) >= 11 is 1.28. The van der Waals surface area contributed by atoms with E-state index in [1.165, 1.54) is 11.3 Å². The maximum Gasteiger partial charge on any atom is 0.408 e. The van der Waals surface area contributed by atoms with Crippen molar-refractivity contribution < 1.29 is 18.0 Å². The molecule has 1 unspecified atom stereocenters. The zero-order valence-corrected chi connectivity index (χ0v) is 10.4. The van der Waals surface area contributed by atoms with Crippen LogP contribution in [-0.2, 0) is 0 Å². The first-order valence-electron chi connectivity index (χ1n) is 5.66. The zero-order valence-electron chi connectivity index (χ0n) is 9.54. The molecule has 100 valence electrons. The first-order chi connectivity index (χ1) is 8.48. The van der Waals surface area contributed by atoms with Crippen molar-refractivity contribution in [3.05, 3.63) is 17.5 Å². The Morgan fingerprint density at radius 3 is 2.83 bits per heavy atom. The molecule has 2 amide bonds. The summed E-state index contributed by atoms with van der Waals surface area (Å²) in [6.45, 7) is 0.154. The van der Waals surface area contributed by atoms with Crippen molar-refractivity contribution in [3.8, 4) is 0 Å². The third-order valence-corrected chi connectivity index (χ3v) is 3.68. The molecule has 1 N–H and O–H groups in total. The lowest BCUT2D eigenvalue weighted by Crippen LogP contribution is -2.52. The molecule has 0 radical (unpaired) electrons. The smallest absolute Gasteiger partial charge is 0.312 e. The number of carbonyl (C=O) groups excluding carboxylic acids is 1. The predicted molar refractivity (Wildman–Crippen MR) is 63.7 cm³/mol. The van der Waals surface area contributed by atoms with Crippen molar-refractivity contribution in [2.24, 2.45) is 0 Å². The lowest BCUT2D eigenvalue weighted by Gasteiger charge is -2.36. The largest absolute Gasteiger partial charge is 0.408 e. The molecule has 3 nitrogen and oxygen atoms in total. The second-order valence-corrected chi connectivity index (χ2v) is 5.10. The van der Waals surface area contributed by atoms with E-state index in [2.05, 4.69) is 5.32 Å². The molecule has 0 aromatic carbocycles. The van der Waals surface area contributed by atoms with Gasteiger partial charge in [-0.25, -0.2) is 4.79 Å². The SMILES string of the molecule is O=C(Nc1cccs1)N1CCCCC1C(F)(F)F. The monoisotopic (exact) mass is 278 g/mol. The minimum absolute atomic E-state index is 0.0125. The summed E-state index contributed by atoms with van der Waals surface area (Å²) in [5.41, 5.74) is 0. The van der Waals surface area contributed by atoms with E-state index in [1.54, 1.807) is 17.5 Å². The standard InChI is InChI=1S/C11H13F3N2OS/c12-11(13,14)8-4-1-2-6-16(8)10(17)15-9-5-3-7-18-9/h3,5,7-8H,1-2,4,6H2,(H,15,17). The average molecular weight is 278 g/mol. The van der Waals surface area contributed by atoms with Gasteiger partial charge < -0.3 is 4.90 Å². The number of likely N-dealkylation sites (tertiary alicyclic amines) is 1. The van der Waals surface area contributed by atoms with Gasteiger partial charge in [0.2, 0.25) is 0 Å². The third-order valence-electron chi connectivity index (χ3n) is 2.89. The normalized spacial score (nSPS) is 20.8. The maximum atomic E-state index is 12.8. The van der Waals surface area contributed by atoms with Crippen LogP contribution in [-0.4, -0.2) is 29.7 Å². The molecule has 18 heavy (non-hydrogen) atoms. The molecule has 1 fully saturated rings. The molecule has 0 aliphatic carbocycles. The Bertz CT molecular complexity index is 405. The van der Waals surface area contributed by atoms with Crippen molar-refractivity contribution in [1.82, 2.24) is 4.90 Å². The fourth-order valence-corrected chi connectivity index (χ4v) is 2.65. The summed E-state index contributed by atoms with van der Waals surface area (Å²) in [6.07, 6.45) is -3.24. The van der Waals surface area contributed by atoms with Crippen molar-refractivity contribution in [2.75, 3.05) is 11.9 Å². The third kappa shape index (κ3) is 2.95. The quantitative estimate of drug-likeness (QED) is 0.834. The minimum atomic E-state index is -4.35. The van der Waals surface area contributed by atoms with Crippen LogP contribution in [0, 0.1) is 0 Å². The van der Waals surface area contributed by atoms with Gasteiger partial charge in [-0.15, -0.1) is 11.3 Å². The van der Waals surface area contributed by atoms with Crippen LogP contribution < -0.4 is 5.32 Å². The highest BCUT2D eigenvalue weighted by molar-refractivity contribution is 7.14. The molecule has 1 aromatic rings. The van der Waals surface area contributed by atoms with Gasteiger partial charge in [-0.2, -0.15) is 13.2 Å². The second kappa shape index (κ2) is 5.17. The van der Waals surface area contributed by atoms with E-state index in [9.17, 15) is 18.0 Å². The highest BCUT2D eigenvalue weighted by Gasteiger charge is 2.46. The molecule has 2 rings (SSSR count). The number of hydrogen-bond acceptors (Lipinski definition) is 2. The van der Waals surface area contributed by atoms with Gasteiger partial charge in [-0.05, 0) is 36.8 Å². The molecule has 0 saturated carbocycles. The van der Waals surface area contributed by atoms with Crippen LogP contribution in [0.5, 0.6) is 0 Å². The number of thiophene rings is 1. The number of carbonyl (C=O) groups is 1. The summed E-state index contributed by atoms with van der Waals surface area (Å²) in [6, 6.07) is 1.07. The van der Waals surface area contributed by atoms with E-state index in [0.717, 1.165) is 4.90 Å². The van der Waals surface area contributed by atoms with Crippen LogP contribution >= 0.6 is 11.3 Å². The van der Waals surface area contributed by atoms with Crippen molar-refractivity contribution in [3.63, 3.8) is 0 Å². The number of nitrogens with one attached hydrogen (secondary N) is 1. The van der Waals surface area contributed by atoms with Gasteiger partial charge in [0.05, 0.1) is 5.00 Å². The van der Waals surface area contributed by atoms with Gasteiger partial charge in [0.1, 0.15) is 6.04 Å². The molecule has 1 aromatic heterocycles. The van der Waals surface area contributed by atoms with Gasteiger partial charge in [0, 0.05) is 6.54 Å². The molecule has 0 spiro atoms. The highest BCUT2D eigenvalue weighted by Crippen LogP contribution is 2.32. The van der Waals surface area contributed by atoms with Gasteiger partial charge >= 0.3 is 12.2 Å². The molecular formula is C11H13F3N2OS. The van der Waals surface area contributed by atoms with Crippen molar-refractivity contribution in [1.29, 1.82) is 0 Å². The molecule has 7 heteroatoms. The van der Waals surface area contributed by atoms with E-state index in [-0.39, 0.29) is 13.0 Å². The van der Waals surface area contributed by atoms with Crippen LogP contribution in [0.3, 0.4) is 0 Å². The van der Waals surface area contributed by atoms with Crippen LogP contribution in [0.4, 0.5) is 23.0 Å². The number of anilines is 1.